The molecule has 1 atom stereocenters. The Bertz CT molecular complexity index is 1490. The molecule has 0 aliphatic carbocycles. The van der Waals surface area contributed by atoms with Crippen molar-refractivity contribution in [3.8, 4) is 17.0 Å². The van der Waals surface area contributed by atoms with Crippen molar-refractivity contribution < 1.29 is 23.7 Å². The van der Waals surface area contributed by atoms with E-state index in [0.717, 1.165) is 11.6 Å². The summed E-state index contributed by atoms with van der Waals surface area (Å²) in [6.45, 7) is 8.40. The monoisotopic (exact) mass is 538 g/mol. The topological polar surface area (TPSA) is 109 Å². The van der Waals surface area contributed by atoms with Crippen LogP contribution in [0.15, 0.2) is 42.9 Å². The summed E-state index contributed by atoms with van der Waals surface area (Å²) >= 11 is 0. The van der Waals surface area contributed by atoms with Gasteiger partial charge in [0.2, 0.25) is 0 Å². The molecule has 206 valence electrons. The molecule has 0 unspecified atom stereocenters. The highest BCUT2D eigenvalue weighted by atomic mass is 19.1. The van der Waals surface area contributed by atoms with Gasteiger partial charge in [-0.3, -0.25) is 9.67 Å². The van der Waals surface area contributed by atoms with E-state index in [1.165, 1.54) is 32.9 Å². The summed E-state index contributed by atoms with van der Waals surface area (Å²) < 4.78 is 35.0. The predicted octanol–water partition coefficient (Wildman–Crippen LogP) is 4.21. The highest BCUT2D eigenvalue weighted by Crippen LogP contribution is 2.35. The van der Waals surface area contributed by atoms with Gasteiger partial charge in [0.15, 0.2) is 17.4 Å². The van der Waals surface area contributed by atoms with Gasteiger partial charge in [-0.05, 0) is 45.9 Å². The third-order valence-corrected chi connectivity index (χ3v) is 7.38. The first-order chi connectivity index (χ1) is 18.5. The van der Waals surface area contributed by atoms with Gasteiger partial charge in [-0.1, -0.05) is 0 Å². The Labute approximate surface area is 225 Å². The highest BCUT2D eigenvalue weighted by molar-refractivity contribution is 5.83. The minimum Gasteiger partial charge on any atom is -0.487 e. The lowest BCUT2D eigenvalue weighted by Crippen LogP contribution is -2.45. The van der Waals surface area contributed by atoms with Crippen LogP contribution < -0.4 is 9.64 Å². The molecule has 1 saturated heterocycles. The zero-order valence-electron chi connectivity index (χ0n) is 22.4. The van der Waals surface area contributed by atoms with Gasteiger partial charge < -0.3 is 19.8 Å². The van der Waals surface area contributed by atoms with Crippen LogP contribution in [-0.2, 0) is 12.1 Å². The van der Waals surface area contributed by atoms with E-state index in [9.17, 15) is 19.0 Å². The van der Waals surface area contributed by atoms with E-state index in [0.29, 0.717) is 55.0 Å². The van der Waals surface area contributed by atoms with Crippen LogP contribution in [0.5, 0.6) is 5.75 Å². The normalized spacial score (nSPS) is 16.5. The summed E-state index contributed by atoms with van der Waals surface area (Å²) in [7, 11) is 0. The van der Waals surface area contributed by atoms with Gasteiger partial charge in [-0.25, -0.2) is 18.7 Å². The number of aromatic nitrogens is 5. The van der Waals surface area contributed by atoms with Gasteiger partial charge in [0, 0.05) is 50.3 Å². The number of piperidine rings is 1. The first-order valence-electron chi connectivity index (χ1n) is 13.0. The van der Waals surface area contributed by atoms with Gasteiger partial charge in [0.1, 0.15) is 28.7 Å². The van der Waals surface area contributed by atoms with Crippen LogP contribution in [0.2, 0.25) is 0 Å². The maximum atomic E-state index is 14.1. The molecular formula is C28H32F2N6O3. The SMILES string of the molecule is CCn1cc(-c2nc3cnc([C@](C)(O)C(C)(C)O)cc3nc2N2CCC(Oc3ccc(F)cc3F)CC2)cn1. The maximum Gasteiger partial charge on any atom is 0.167 e. The number of pyridine rings is 1. The number of nitrogens with zero attached hydrogens (tertiary/aromatic N) is 6. The number of hydrogen-bond acceptors (Lipinski definition) is 8. The Kier molecular flexibility index (Phi) is 6.98. The van der Waals surface area contributed by atoms with E-state index in [1.54, 1.807) is 18.5 Å². The maximum absolute atomic E-state index is 14.1. The van der Waals surface area contributed by atoms with Gasteiger partial charge in [0.05, 0.1) is 29.2 Å². The number of ether oxygens (including phenoxy) is 1. The molecule has 1 aliphatic heterocycles. The van der Waals surface area contributed by atoms with Crippen LogP contribution in [0, 0.1) is 11.6 Å². The largest absolute Gasteiger partial charge is 0.487 e. The van der Waals surface area contributed by atoms with Crippen molar-refractivity contribution in [2.24, 2.45) is 0 Å². The quantitative estimate of drug-likeness (QED) is 0.360. The average Bonchev–Trinajstić information content (AvgIpc) is 3.38. The summed E-state index contributed by atoms with van der Waals surface area (Å²) in [5.74, 6) is -0.693. The first-order valence-corrected chi connectivity index (χ1v) is 13.0. The molecule has 0 saturated carbocycles. The number of anilines is 1. The summed E-state index contributed by atoms with van der Waals surface area (Å²) in [5.41, 5.74) is -0.255. The number of halogens is 2. The Morgan fingerprint density at radius 1 is 1.03 bits per heavy atom. The third kappa shape index (κ3) is 5.28. The molecule has 39 heavy (non-hydrogen) atoms. The summed E-state index contributed by atoms with van der Waals surface area (Å²) in [6, 6.07) is 4.95. The van der Waals surface area contributed by atoms with Crippen LogP contribution >= 0.6 is 0 Å². The van der Waals surface area contributed by atoms with Gasteiger partial charge >= 0.3 is 0 Å². The number of rotatable bonds is 7. The lowest BCUT2D eigenvalue weighted by Gasteiger charge is -2.35. The Morgan fingerprint density at radius 2 is 1.77 bits per heavy atom. The molecule has 11 heteroatoms. The second kappa shape index (κ2) is 10.1. The van der Waals surface area contributed by atoms with Gasteiger partial charge in [0.25, 0.3) is 0 Å². The second-order valence-corrected chi connectivity index (χ2v) is 10.5. The number of fused-ring (bicyclic) bond motifs is 1. The van der Waals surface area contributed by atoms with E-state index < -0.39 is 22.8 Å². The number of benzene rings is 1. The molecule has 9 nitrogen and oxygen atoms in total. The van der Waals surface area contributed by atoms with Crippen LogP contribution in [-0.4, -0.2) is 59.7 Å². The van der Waals surface area contributed by atoms with Crippen LogP contribution in [0.1, 0.15) is 46.2 Å². The second-order valence-electron chi connectivity index (χ2n) is 10.5. The van der Waals surface area contributed by atoms with Crippen molar-refractivity contribution in [2.75, 3.05) is 18.0 Å². The fraction of sp³-hybridized carbons (Fsp3) is 0.429. The minimum absolute atomic E-state index is 0.0342. The van der Waals surface area contributed by atoms with E-state index in [1.807, 2.05) is 17.8 Å². The van der Waals surface area contributed by atoms with E-state index in [4.69, 9.17) is 14.7 Å². The Morgan fingerprint density at radius 3 is 2.41 bits per heavy atom. The summed E-state index contributed by atoms with van der Waals surface area (Å²) in [6.07, 6.45) is 6.16. The number of hydrogen-bond donors (Lipinski definition) is 2. The zero-order chi connectivity index (χ0) is 27.9. The lowest BCUT2D eigenvalue weighted by atomic mass is 9.84. The molecule has 4 heterocycles. The molecule has 0 radical (unpaired) electrons. The minimum atomic E-state index is -1.62. The zero-order valence-corrected chi connectivity index (χ0v) is 22.4. The van der Waals surface area contributed by atoms with E-state index in [-0.39, 0.29) is 17.5 Å². The van der Waals surface area contributed by atoms with Gasteiger partial charge in [-0.2, -0.15) is 5.10 Å². The van der Waals surface area contributed by atoms with Crippen LogP contribution in [0.25, 0.3) is 22.3 Å². The molecule has 1 fully saturated rings. The third-order valence-electron chi connectivity index (χ3n) is 7.38. The van der Waals surface area contributed by atoms with E-state index in [2.05, 4.69) is 15.0 Å². The first kappa shape index (κ1) is 26.9. The van der Waals surface area contributed by atoms with Crippen molar-refractivity contribution in [3.05, 3.63) is 60.2 Å². The molecule has 0 bridgehead atoms. The molecule has 2 N–H and O–H groups in total. The van der Waals surface area contributed by atoms with Crippen LogP contribution in [0.3, 0.4) is 0 Å². The highest BCUT2D eigenvalue weighted by Gasteiger charge is 2.41. The molecule has 1 aromatic carbocycles. The lowest BCUT2D eigenvalue weighted by molar-refractivity contribution is -0.127. The van der Waals surface area contributed by atoms with Gasteiger partial charge in [-0.15, -0.1) is 0 Å². The number of aryl methyl sites for hydroxylation is 1. The van der Waals surface area contributed by atoms with Crippen LogP contribution in [0.4, 0.5) is 14.6 Å². The van der Waals surface area contributed by atoms with Crippen molar-refractivity contribution in [3.63, 3.8) is 0 Å². The van der Waals surface area contributed by atoms with Crippen molar-refractivity contribution >= 4 is 16.9 Å². The van der Waals surface area contributed by atoms with Crippen molar-refractivity contribution in [1.29, 1.82) is 0 Å². The molecule has 0 amide bonds. The molecule has 5 rings (SSSR count). The van der Waals surface area contributed by atoms with E-state index >= 15 is 0 Å². The van der Waals surface area contributed by atoms with Crippen molar-refractivity contribution in [2.45, 2.75) is 64.4 Å². The smallest absolute Gasteiger partial charge is 0.167 e. The Hall–Kier alpha value is -3.70. The molecule has 3 aromatic heterocycles. The van der Waals surface area contributed by atoms with Crippen molar-refractivity contribution in [1.82, 2.24) is 24.7 Å². The fourth-order valence-electron chi connectivity index (χ4n) is 4.54. The molecule has 4 aromatic rings. The summed E-state index contributed by atoms with van der Waals surface area (Å²) in [4.78, 5) is 16.3. The summed E-state index contributed by atoms with van der Waals surface area (Å²) in [5, 5.41) is 25.9. The standard InChI is InChI=1S/C28H32F2N6O3/c1-5-36-16-17(14-32-36)25-26(34-21-13-24(31-15-22(21)33-25)28(4,38)27(2,3)37)35-10-8-19(9-11-35)39-23-7-6-18(29)12-20(23)30/h6-7,12-16,19,37-38H,5,8-11H2,1-4H3/t28-/m0/s1. The molecular weight excluding hydrogens is 506 g/mol. The predicted molar refractivity (Wildman–Crippen MR) is 142 cm³/mol. The number of aliphatic hydroxyl groups is 2. The molecule has 1 aliphatic rings. The fourth-order valence-corrected chi connectivity index (χ4v) is 4.54. The Balaban J connectivity index is 1.48. The average molecular weight is 539 g/mol. The molecule has 0 spiro atoms.